The van der Waals surface area contributed by atoms with Gasteiger partial charge in [-0.25, -0.2) is 0 Å². The zero-order valence-corrected chi connectivity index (χ0v) is 10.8. The van der Waals surface area contributed by atoms with Crippen molar-refractivity contribution in [3.8, 4) is 0 Å². The predicted molar refractivity (Wildman–Crippen MR) is 71.2 cm³/mol. The summed E-state index contributed by atoms with van der Waals surface area (Å²) < 4.78 is 0. The molecule has 1 saturated carbocycles. The highest BCUT2D eigenvalue weighted by molar-refractivity contribution is 5.88. The van der Waals surface area contributed by atoms with E-state index < -0.39 is 0 Å². The van der Waals surface area contributed by atoms with Crippen LogP contribution in [0.5, 0.6) is 0 Å². The van der Waals surface area contributed by atoms with Gasteiger partial charge in [-0.05, 0) is 18.4 Å². The van der Waals surface area contributed by atoms with E-state index in [2.05, 4.69) is 12.1 Å². The van der Waals surface area contributed by atoms with Crippen molar-refractivity contribution in [2.24, 2.45) is 11.7 Å². The SMILES string of the molecule is NC(=O)C1CC(=O)N(CC2(c3ccccc3)CC2)C1. The molecule has 1 heterocycles. The van der Waals surface area contributed by atoms with Crippen LogP contribution in [0.25, 0.3) is 0 Å². The van der Waals surface area contributed by atoms with Gasteiger partial charge >= 0.3 is 0 Å². The lowest BCUT2D eigenvalue weighted by molar-refractivity contribution is -0.128. The van der Waals surface area contributed by atoms with Crippen molar-refractivity contribution in [2.75, 3.05) is 13.1 Å². The van der Waals surface area contributed by atoms with Crippen LogP contribution in [-0.4, -0.2) is 29.8 Å². The second kappa shape index (κ2) is 4.37. The van der Waals surface area contributed by atoms with Gasteiger partial charge in [-0.2, -0.15) is 0 Å². The Morgan fingerprint density at radius 1 is 1.32 bits per heavy atom. The Labute approximate surface area is 112 Å². The van der Waals surface area contributed by atoms with E-state index in [9.17, 15) is 9.59 Å². The zero-order chi connectivity index (χ0) is 13.5. The number of carbonyl (C=O) groups excluding carboxylic acids is 2. The first-order chi connectivity index (χ1) is 9.11. The molecule has 2 amide bonds. The number of nitrogens with two attached hydrogens (primary N) is 1. The van der Waals surface area contributed by atoms with Crippen molar-refractivity contribution in [3.05, 3.63) is 35.9 Å². The first-order valence-electron chi connectivity index (χ1n) is 6.73. The molecule has 2 N–H and O–H groups in total. The highest BCUT2D eigenvalue weighted by Gasteiger charge is 2.47. The largest absolute Gasteiger partial charge is 0.369 e. The fourth-order valence-corrected chi connectivity index (χ4v) is 2.96. The maximum absolute atomic E-state index is 11.9. The molecule has 1 aliphatic heterocycles. The van der Waals surface area contributed by atoms with Crippen LogP contribution < -0.4 is 5.73 Å². The third-order valence-electron chi connectivity index (χ3n) is 4.35. The van der Waals surface area contributed by atoms with Gasteiger partial charge in [-0.1, -0.05) is 30.3 Å². The Hall–Kier alpha value is -1.84. The number of rotatable bonds is 4. The molecule has 4 nitrogen and oxygen atoms in total. The third-order valence-corrected chi connectivity index (χ3v) is 4.35. The average molecular weight is 258 g/mol. The minimum atomic E-state index is -0.361. The van der Waals surface area contributed by atoms with Gasteiger partial charge in [0.2, 0.25) is 11.8 Å². The van der Waals surface area contributed by atoms with E-state index in [0.717, 1.165) is 19.4 Å². The number of hydrogen-bond acceptors (Lipinski definition) is 2. The number of nitrogens with zero attached hydrogens (tertiary/aromatic N) is 1. The monoisotopic (exact) mass is 258 g/mol. The molecule has 0 aromatic heterocycles. The summed E-state index contributed by atoms with van der Waals surface area (Å²) in [5.41, 5.74) is 6.71. The number of carbonyl (C=O) groups is 2. The summed E-state index contributed by atoms with van der Waals surface area (Å²) >= 11 is 0. The van der Waals surface area contributed by atoms with Crippen LogP contribution in [0.15, 0.2) is 30.3 Å². The number of likely N-dealkylation sites (tertiary alicyclic amines) is 1. The Balaban J connectivity index is 1.72. The fourth-order valence-electron chi connectivity index (χ4n) is 2.96. The van der Waals surface area contributed by atoms with Crippen molar-refractivity contribution in [2.45, 2.75) is 24.7 Å². The van der Waals surface area contributed by atoms with Gasteiger partial charge in [-0.3, -0.25) is 9.59 Å². The standard InChI is InChI=1S/C15H18N2O2/c16-14(19)11-8-13(18)17(9-11)10-15(6-7-15)12-4-2-1-3-5-12/h1-5,11H,6-10H2,(H2,16,19). The van der Waals surface area contributed by atoms with E-state index in [1.54, 1.807) is 0 Å². The normalized spacial score (nSPS) is 24.5. The summed E-state index contributed by atoms with van der Waals surface area (Å²) in [4.78, 5) is 24.9. The molecule has 1 aliphatic carbocycles. The molecular formula is C15H18N2O2. The minimum Gasteiger partial charge on any atom is -0.369 e. The molecule has 4 heteroatoms. The lowest BCUT2D eigenvalue weighted by atomic mass is 9.95. The molecule has 1 unspecified atom stereocenters. The second-order valence-electron chi connectivity index (χ2n) is 5.72. The molecule has 1 aromatic carbocycles. The first-order valence-corrected chi connectivity index (χ1v) is 6.73. The molecule has 2 aliphatic rings. The predicted octanol–water partition coefficient (Wildman–Crippen LogP) is 1.05. The summed E-state index contributed by atoms with van der Waals surface area (Å²) in [5, 5.41) is 0. The molecule has 100 valence electrons. The molecule has 2 fully saturated rings. The van der Waals surface area contributed by atoms with E-state index >= 15 is 0 Å². The number of primary amides is 1. The fraction of sp³-hybridized carbons (Fsp3) is 0.467. The molecule has 19 heavy (non-hydrogen) atoms. The lowest BCUT2D eigenvalue weighted by Crippen LogP contribution is -2.35. The molecule has 1 aromatic rings. The van der Waals surface area contributed by atoms with Gasteiger partial charge in [0.15, 0.2) is 0 Å². The topological polar surface area (TPSA) is 63.4 Å². The van der Waals surface area contributed by atoms with Crippen LogP contribution in [0.4, 0.5) is 0 Å². The van der Waals surface area contributed by atoms with Crippen molar-refractivity contribution in [3.63, 3.8) is 0 Å². The highest BCUT2D eigenvalue weighted by atomic mass is 16.2. The smallest absolute Gasteiger partial charge is 0.223 e. The molecule has 1 saturated heterocycles. The average Bonchev–Trinajstić information content (AvgIpc) is 3.10. The molecule has 0 bridgehead atoms. The number of hydrogen-bond donors (Lipinski definition) is 1. The summed E-state index contributed by atoms with van der Waals surface area (Å²) in [6.07, 6.45) is 2.50. The van der Waals surface area contributed by atoms with Crippen molar-refractivity contribution >= 4 is 11.8 Å². The summed E-state index contributed by atoms with van der Waals surface area (Å²) in [7, 11) is 0. The molecular weight excluding hydrogens is 240 g/mol. The Morgan fingerprint density at radius 3 is 2.53 bits per heavy atom. The maximum Gasteiger partial charge on any atom is 0.223 e. The van der Waals surface area contributed by atoms with E-state index in [4.69, 9.17) is 5.73 Å². The van der Waals surface area contributed by atoms with Gasteiger partial charge in [-0.15, -0.1) is 0 Å². The summed E-state index contributed by atoms with van der Waals surface area (Å²) in [6, 6.07) is 10.3. The quantitative estimate of drug-likeness (QED) is 0.877. The van der Waals surface area contributed by atoms with E-state index in [-0.39, 0.29) is 29.6 Å². The summed E-state index contributed by atoms with van der Waals surface area (Å²) in [6.45, 7) is 1.21. The van der Waals surface area contributed by atoms with Crippen molar-refractivity contribution in [1.29, 1.82) is 0 Å². The van der Waals surface area contributed by atoms with E-state index in [1.807, 2.05) is 23.1 Å². The molecule has 1 atom stereocenters. The maximum atomic E-state index is 11.9. The molecule has 0 radical (unpaired) electrons. The van der Waals surface area contributed by atoms with Crippen LogP contribution in [0.1, 0.15) is 24.8 Å². The van der Waals surface area contributed by atoms with Crippen molar-refractivity contribution < 1.29 is 9.59 Å². The highest BCUT2D eigenvalue weighted by Crippen LogP contribution is 2.49. The van der Waals surface area contributed by atoms with Crippen LogP contribution in [-0.2, 0) is 15.0 Å². The Bertz CT molecular complexity index is 508. The number of amides is 2. The van der Waals surface area contributed by atoms with Gasteiger partial charge in [0.1, 0.15) is 0 Å². The summed E-state index contributed by atoms with van der Waals surface area (Å²) in [5.74, 6) is -0.606. The second-order valence-corrected chi connectivity index (χ2v) is 5.72. The number of benzene rings is 1. The van der Waals surface area contributed by atoms with Crippen LogP contribution in [0, 0.1) is 5.92 Å². The third kappa shape index (κ3) is 2.23. The van der Waals surface area contributed by atoms with Gasteiger partial charge < -0.3 is 10.6 Å². The van der Waals surface area contributed by atoms with Crippen LogP contribution in [0.2, 0.25) is 0 Å². The van der Waals surface area contributed by atoms with Crippen LogP contribution >= 0.6 is 0 Å². The lowest BCUT2D eigenvalue weighted by Gasteiger charge is -2.24. The van der Waals surface area contributed by atoms with E-state index in [1.165, 1.54) is 5.56 Å². The van der Waals surface area contributed by atoms with Crippen LogP contribution in [0.3, 0.4) is 0 Å². The van der Waals surface area contributed by atoms with Gasteiger partial charge in [0.25, 0.3) is 0 Å². The molecule has 3 rings (SSSR count). The minimum absolute atomic E-state index is 0.0611. The van der Waals surface area contributed by atoms with E-state index in [0.29, 0.717) is 6.54 Å². The first kappa shape index (κ1) is 12.2. The zero-order valence-electron chi connectivity index (χ0n) is 10.8. The van der Waals surface area contributed by atoms with Crippen molar-refractivity contribution in [1.82, 2.24) is 4.90 Å². The molecule has 0 spiro atoms. The Morgan fingerprint density at radius 2 is 2.00 bits per heavy atom. The van der Waals surface area contributed by atoms with Gasteiger partial charge in [0.05, 0.1) is 5.92 Å². The Kier molecular flexibility index (Phi) is 2.81. The van der Waals surface area contributed by atoms with Gasteiger partial charge in [0, 0.05) is 24.9 Å².